The maximum absolute atomic E-state index is 9.02. The maximum atomic E-state index is 9.02. The summed E-state index contributed by atoms with van der Waals surface area (Å²) >= 11 is 6.25. The highest BCUT2D eigenvalue weighted by Gasteiger charge is 2.33. The number of ether oxygens (including phenoxy) is 1. The first-order chi connectivity index (χ1) is 10.1. The highest BCUT2D eigenvalue weighted by atomic mass is 35.5. The maximum Gasteiger partial charge on any atom is 0.173 e. The molecule has 1 unspecified atom stereocenters. The van der Waals surface area contributed by atoms with Crippen molar-refractivity contribution < 1.29 is 9.94 Å². The highest BCUT2D eigenvalue weighted by molar-refractivity contribution is 6.34. The Morgan fingerprint density at radius 2 is 2.29 bits per heavy atom. The van der Waals surface area contributed by atoms with Crippen LogP contribution >= 0.6 is 11.6 Å². The lowest BCUT2D eigenvalue weighted by molar-refractivity contribution is 0.202. The Kier molecular flexibility index (Phi) is 5.31. The molecule has 116 valence electrons. The predicted octanol–water partition coefficient (Wildman–Crippen LogP) is 2.69. The van der Waals surface area contributed by atoms with Crippen LogP contribution in [0, 0.1) is 5.92 Å². The minimum absolute atomic E-state index is 0.0287. The molecule has 1 aromatic rings. The van der Waals surface area contributed by atoms with Gasteiger partial charge in [0.1, 0.15) is 0 Å². The molecule has 0 heterocycles. The first-order valence-electron chi connectivity index (χ1n) is 7.12. The Morgan fingerprint density at radius 1 is 1.57 bits per heavy atom. The van der Waals surface area contributed by atoms with Gasteiger partial charge in [-0.25, -0.2) is 0 Å². The Hall–Kier alpha value is -1.46. The summed E-state index contributed by atoms with van der Waals surface area (Å²) in [5.41, 5.74) is 7.27. The van der Waals surface area contributed by atoms with Crippen molar-refractivity contribution in [3.05, 3.63) is 28.8 Å². The molecule has 0 amide bonds. The van der Waals surface area contributed by atoms with E-state index in [1.165, 1.54) is 12.8 Å². The number of rotatable bonds is 7. The molecule has 1 saturated carbocycles. The van der Waals surface area contributed by atoms with E-state index in [1.807, 2.05) is 12.1 Å². The predicted molar refractivity (Wildman–Crippen MR) is 85.4 cm³/mol. The van der Waals surface area contributed by atoms with Crippen molar-refractivity contribution in [2.45, 2.75) is 25.8 Å². The lowest BCUT2D eigenvalue weighted by Crippen LogP contribution is -2.38. The summed E-state index contributed by atoms with van der Waals surface area (Å²) in [5.74, 6) is 0.710. The number of oxime groups is 1. The first kappa shape index (κ1) is 15.9. The number of hydrogen-bond acceptors (Lipinski definition) is 4. The van der Waals surface area contributed by atoms with E-state index in [4.69, 9.17) is 27.3 Å². The van der Waals surface area contributed by atoms with Crippen LogP contribution in [-0.4, -0.2) is 37.3 Å². The van der Waals surface area contributed by atoms with Crippen molar-refractivity contribution in [1.82, 2.24) is 0 Å². The molecular weight excluding hydrogens is 290 g/mol. The van der Waals surface area contributed by atoms with Crippen LogP contribution in [-0.2, 0) is 4.74 Å². The summed E-state index contributed by atoms with van der Waals surface area (Å²) in [6.45, 7) is 3.55. The topological polar surface area (TPSA) is 71.1 Å². The normalized spacial score (nSPS) is 16.8. The van der Waals surface area contributed by atoms with Crippen molar-refractivity contribution in [3.63, 3.8) is 0 Å². The van der Waals surface area contributed by atoms with E-state index in [2.05, 4.69) is 17.0 Å². The van der Waals surface area contributed by atoms with Gasteiger partial charge in [0.15, 0.2) is 5.84 Å². The summed E-state index contributed by atoms with van der Waals surface area (Å²) < 4.78 is 5.22. The van der Waals surface area contributed by atoms with Crippen molar-refractivity contribution in [1.29, 1.82) is 0 Å². The minimum atomic E-state index is 0.0287. The average molecular weight is 312 g/mol. The summed E-state index contributed by atoms with van der Waals surface area (Å²) in [5, 5.41) is 12.6. The van der Waals surface area contributed by atoms with E-state index in [9.17, 15) is 0 Å². The van der Waals surface area contributed by atoms with Gasteiger partial charge in [-0.2, -0.15) is 0 Å². The lowest BCUT2D eigenvalue weighted by atomic mass is 10.1. The monoisotopic (exact) mass is 311 g/mol. The third-order valence-corrected chi connectivity index (χ3v) is 4.31. The van der Waals surface area contributed by atoms with Crippen LogP contribution in [0.3, 0.4) is 0 Å². The molecule has 21 heavy (non-hydrogen) atoms. The molecule has 5 nitrogen and oxygen atoms in total. The van der Waals surface area contributed by atoms with Crippen LogP contribution in [0.25, 0.3) is 0 Å². The van der Waals surface area contributed by atoms with Crippen molar-refractivity contribution in [3.8, 4) is 0 Å². The summed E-state index contributed by atoms with van der Waals surface area (Å²) in [4.78, 5) is 2.24. The van der Waals surface area contributed by atoms with Crippen LogP contribution in [0.4, 0.5) is 5.69 Å². The Bertz CT molecular complexity index is 518. The zero-order chi connectivity index (χ0) is 15.4. The Balaban J connectivity index is 2.40. The highest BCUT2D eigenvalue weighted by Crippen LogP contribution is 2.38. The molecule has 1 fully saturated rings. The number of halogens is 1. The van der Waals surface area contributed by atoms with E-state index < -0.39 is 0 Å². The van der Waals surface area contributed by atoms with E-state index in [-0.39, 0.29) is 5.84 Å². The van der Waals surface area contributed by atoms with Gasteiger partial charge in [0.25, 0.3) is 0 Å². The average Bonchev–Trinajstić information content (AvgIpc) is 3.31. The van der Waals surface area contributed by atoms with Gasteiger partial charge in [0.05, 0.1) is 17.2 Å². The quantitative estimate of drug-likeness (QED) is 0.351. The Labute approximate surface area is 130 Å². The molecule has 1 atom stereocenters. The third-order valence-electron chi connectivity index (χ3n) is 4.00. The van der Waals surface area contributed by atoms with E-state index in [0.29, 0.717) is 29.2 Å². The number of benzene rings is 1. The van der Waals surface area contributed by atoms with Gasteiger partial charge in [-0.05, 0) is 37.8 Å². The molecule has 1 aliphatic carbocycles. The molecule has 1 aliphatic rings. The van der Waals surface area contributed by atoms with Crippen molar-refractivity contribution >= 4 is 23.1 Å². The Morgan fingerprint density at radius 3 is 2.86 bits per heavy atom. The zero-order valence-corrected chi connectivity index (χ0v) is 13.2. The molecule has 0 saturated heterocycles. The fourth-order valence-electron chi connectivity index (χ4n) is 2.62. The molecule has 1 aromatic carbocycles. The fourth-order valence-corrected chi connectivity index (χ4v) is 2.89. The molecule has 0 bridgehead atoms. The smallest absolute Gasteiger partial charge is 0.173 e. The number of methoxy groups -OCH3 is 1. The third kappa shape index (κ3) is 3.60. The molecule has 3 N–H and O–H groups in total. The minimum Gasteiger partial charge on any atom is -0.409 e. The molecule has 2 rings (SSSR count). The number of nitrogens with zero attached hydrogens (tertiary/aromatic N) is 2. The molecule has 0 aromatic heterocycles. The standard InChI is InChI=1S/C15H22ClN3O2/c1-10(11-6-7-11)19(8-9-21-2)13-5-3-4-12(16)14(13)15(17)18-20/h3-5,10-11,20H,6-9H2,1-2H3,(H2,17,18). The van der Waals surface area contributed by atoms with Gasteiger partial charge in [-0.15, -0.1) is 0 Å². The van der Waals surface area contributed by atoms with Crippen molar-refractivity contribution in [2.75, 3.05) is 25.2 Å². The van der Waals surface area contributed by atoms with Crippen LogP contribution in [0.2, 0.25) is 5.02 Å². The zero-order valence-electron chi connectivity index (χ0n) is 12.4. The second-order valence-corrected chi connectivity index (χ2v) is 5.79. The SMILES string of the molecule is COCCN(c1cccc(Cl)c1C(N)=NO)C(C)C1CC1. The van der Waals surface area contributed by atoms with Crippen LogP contribution in [0.1, 0.15) is 25.3 Å². The molecule has 0 radical (unpaired) electrons. The number of nitrogens with two attached hydrogens (primary N) is 1. The second-order valence-electron chi connectivity index (χ2n) is 5.38. The molecule has 0 spiro atoms. The summed E-state index contributed by atoms with van der Waals surface area (Å²) in [6, 6.07) is 5.94. The second kappa shape index (κ2) is 7.00. The number of hydrogen-bond donors (Lipinski definition) is 2. The van der Waals surface area contributed by atoms with E-state index in [0.717, 1.165) is 12.2 Å². The summed E-state index contributed by atoms with van der Waals surface area (Å²) in [6.07, 6.45) is 2.48. The van der Waals surface area contributed by atoms with Crippen LogP contribution in [0.5, 0.6) is 0 Å². The van der Waals surface area contributed by atoms with Crippen LogP contribution in [0.15, 0.2) is 23.4 Å². The van der Waals surface area contributed by atoms with Gasteiger partial charge < -0.3 is 20.6 Å². The van der Waals surface area contributed by atoms with E-state index in [1.54, 1.807) is 13.2 Å². The van der Waals surface area contributed by atoms with Gasteiger partial charge in [0, 0.05) is 25.4 Å². The fraction of sp³-hybridized carbons (Fsp3) is 0.533. The molecule has 6 heteroatoms. The van der Waals surface area contributed by atoms with Gasteiger partial charge in [-0.1, -0.05) is 22.8 Å². The largest absolute Gasteiger partial charge is 0.409 e. The van der Waals surface area contributed by atoms with Gasteiger partial charge >= 0.3 is 0 Å². The lowest BCUT2D eigenvalue weighted by Gasteiger charge is -2.33. The van der Waals surface area contributed by atoms with Crippen molar-refractivity contribution in [2.24, 2.45) is 16.8 Å². The number of amidine groups is 1. The van der Waals surface area contributed by atoms with Gasteiger partial charge in [0.2, 0.25) is 0 Å². The van der Waals surface area contributed by atoms with E-state index >= 15 is 0 Å². The van der Waals surface area contributed by atoms with Gasteiger partial charge in [-0.3, -0.25) is 0 Å². The molecule has 0 aliphatic heterocycles. The number of anilines is 1. The molecular formula is C15H22ClN3O2. The summed E-state index contributed by atoms with van der Waals surface area (Å²) in [7, 11) is 1.68. The van der Waals surface area contributed by atoms with Crippen LogP contribution < -0.4 is 10.6 Å². The first-order valence-corrected chi connectivity index (χ1v) is 7.50.